The number of halogens is 4. The van der Waals surface area contributed by atoms with E-state index in [1.54, 1.807) is 19.9 Å². The molecule has 0 aliphatic heterocycles. The highest BCUT2D eigenvalue weighted by Gasteiger charge is 2.30. The Morgan fingerprint density at radius 1 is 1.00 bits per heavy atom. The smallest absolute Gasteiger partial charge is 0.416 e. The zero-order valence-electron chi connectivity index (χ0n) is 13.8. The predicted molar refractivity (Wildman–Crippen MR) is 91.3 cm³/mol. The molecule has 0 radical (unpaired) electrons. The summed E-state index contributed by atoms with van der Waals surface area (Å²) >= 11 is 5.85. The molecule has 0 spiro atoms. The molecule has 0 amide bonds. The molecule has 0 saturated heterocycles. The molecule has 4 nitrogen and oxygen atoms in total. The molecule has 2 aromatic heterocycles. The van der Waals surface area contributed by atoms with Gasteiger partial charge >= 0.3 is 6.18 Å². The van der Waals surface area contributed by atoms with Crippen LogP contribution in [0.4, 0.5) is 13.2 Å². The van der Waals surface area contributed by atoms with Crippen LogP contribution in [-0.4, -0.2) is 15.0 Å². The van der Waals surface area contributed by atoms with Crippen molar-refractivity contribution in [1.82, 2.24) is 15.0 Å². The van der Waals surface area contributed by atoms with E-state index in [4.69, 9.17) is 16.3 Å². The van der Waals surface area contributed by atoms with Gasteiger partial charge in [-0.3, -0.25) is 0 Å². The largest absolute Gasteiger partial charge is 0.438 e. The highest BCUT2D eigenvalue weighted by atomic mass is 35.5. The second-order valence-electron chi connectivity index (χ2n) is 5.55. The third-order valence-electron chi connectivity index (χ3n) is 3.73. The zero-order chi connectivity index (χ0) is 18.9. The number of nitrogens with zero attached hydrogens (tertiary/aromatic N) is 3. The third kappa shape index (κ3) is 3.94. The summed E-state index contributed by atoms with van der Waals surface area (Å²) in [6.07, 6.45) is -2.89. The molecule has 0 N–H and O–H groups in total. The molecule has 0 atom stereocenters. The van der Waals surface area contributed by atoms with Gasteiger partial charge in [-0.25, -0.2) is 9.97 Å². The topological polar surface area (TPSA) is 47.9 Å². The van der Waals surface area contributed by atoms with Gasteiger partial charge in [0.25, 0.3) is 0 Å². The van der Waals surface area contributed by atoms with E-state index in [1.807, 2.05) is 0 Å². The maximum Gasteiger partial charge on any atom is 0.416 e. The van der Waals surface area contributed by atoms with E-state index in [0.29, 0.717) is 28.5 Å². The maximum atomic E-state index is 12.7. The molecular weight excluding hydrogens is 367 g/mol. The van der Waals surface area contributed by atoms with Gasteiger partial charge in [0.05, 0.1) is 5.56 Å². The summed E-state index contributed by atoms with van der Waals surface area (Å²) in [5.74, 6) is 1.02. The fourth-order valence-corrected chi connectivity index (χ4v) is 2.36. The maximum absolute atomic E-state index is 12.7. The van der Waals surface area contributed by atoms with Crippen LogP contribution >= 0.6 is 11.6 Å². The average Bonchev–Trinajstić information content (AvgIpc) is 2.58. The van der Waals surface area contributed by atoms with Crippen molar-refractivity contribution in [3.8, 4) is 23.0 Å². The lowest BCUT2D eigenvalue weighted by molar-refractivity contribution is -0.137. The summed E-state index contributed by atoms with van der Waals surface area (Å²) in [4.78, 5) is 12.6. The number of rotatable bonds is 3. The van der Waals surface area contributed by atoms with Crippen LogP contribution in [0, 0.1) is 13.8 Å². The number of aryl methyl sites for hydroxylation is 1. The van der Waals surface area contributed by atoms with Gasteiger partial charge in [-0.15, -0.1) is 0 Å². The second-order valence-corrected chi connectivity index (χ2v) is 5.94. The molecule has 0 aliphatic carbocycles. The molecule has 3 aromatic rings. The minimum Gasteiger partial charge on any atom is -0.438 e. The first-order chi connectivity index (χ1) is 12.2. The Bertz CT molecular complexity index is 943. The van der Waals surface area contributed by atoms with Crippen LogP contribution in [0.25, 0.3) is 11.4 Å². The van der Waals surface area contributed by atoms with E-state index in [2.05, 4.69) is 15.0 Å². The summed E-state index contributed by atoms with van der Waals surface area (Å²) < 4.78 is 43.9. The van der Waals surface area contributed by atoms with Gasteiger partial charge < -0.3 is 4.74 Å². The molecular formula is C18H13ClF3N3O. The Kier molecular flexibility index (Phi) is 4.82. The van der Waals surface area contributed by atoms with Crippen molar-refractivity contribution in [2.24, 2.45) is 0 Å². The lowest BCUT2D eigenvalue weighted by atomic mass is 10.1. The molecule has 0 unspecified atom stereocenters. The van der Waals surface area contributed by atoms with E-state index in [0.717, 1.165) is 12.1 Å². The summed E-state index contributed by atoms with van der Waals surface area (Å²) in [6, 6.07) is 7.82. The number of hydrogen-bond acceptors (Lipinski definition) is 4. The van der Waals surface area contributed by atoms with Crippen LogP contribution in [-0.2, 0) is 6.18 Å². The van der Waals surface area contributed by atoms with Gasteiger partial charge in [-0.1, -0.05) is 23.7 Å². The van der Waals surface area contributed by atoms with Crippen LogP contribution in [0.5, 0.6) is 11.6 Å². The van der Waals surface area contributed by atoms with Crippen LogP contribution in [0.15, 0.2) is 42.6 Å². The zero-order valence-corrected chi connectivity index (χ0v) is 14.6. The molecule has 134 valence electrons. The quantitative estimate of drug-likeness (QED) is 0.554. The first-order valence-corrected chi connectivity index (χ1v) is 7.94. The lowest BCUT2D eigenvalue weighted by Crippen LogP contribution is -2.04. The number of benzene rings is 1. The van der Waals surface area contributed by atoms with Crippen molar-refractivity contribution in [1.29, 1.82) is 0 Å². The summed E-state index contributed by atoms with van der Waals surface area (Å²) in [7, 11) is 0. The standard InChI is InChI=1S/C18H13ClF3N3O/c1-10-11(2)24-16(12-3-5-13(6-4-12)18(20,21)22)25-17(10)26-14-7-8-23-15(19)9-14/h3-9H,1-2H3. The Labute approximate surface area is 152 Å². The molecule has 2 heterocycles. The fourth-order valence-electron chi connectivity index (χ4n) is 2.20. The molecule has 0 aliphatic rings. The van der Waals surface area contributed by atoms with E-state index in [1.165, 1.54) is 24.4 Å². The molecule has 1 aromatic carbocycles. The lowest BCUT2D eigenvalue weighted by Gasteiger charge is -2.12. The highest BCUT2D eigenvalue weighted by molar-refractivity contribution is 6.29. The minimum absolute atomic E-state index is 0.272. The summed E-state index contributed by atoms with van der Waals surface area (Å²) in [6.45, 7) is 3.57. The minimum atomic E-state index is -4.39. The van der Waals surface area contributed by atoms with Gasteiger partial charge in [-0.05, 0) is 32.0 Å². The summed E-state index contributed by atoms with van der Waals surface area (Å²) in [5.41, 5.74) is 1.10. The van der Waals surface area contributed by atoms with Gasteiger partial charge in [-0.2, -0.15) is 18.2 Å². The van der Waals surface area contributed by atoms with Crippen LogP contribution in [0.3, 0.4) is 0 Å². The molecule has 8 heteroatoms. The molecule has 26 heavy (non-hydrogen) atoms. The van der Waals surface area contributed by atoms with Gasteiger partial charge in [0, 0.05) is 29.1 Å². The third-order valence-corrected chi connectivity index (χ3v) is 3.93. The Hall–Kier alpha value is -2.67. The highest BCUT2D eigenvalue weighted by Crippen LogP contribution is 2.32. The normalized spacial score (nSPS) is 11.5. The van der Waals surface area contributed by atoms with Crippen molar-refractivity contribution < 1.29 is 17.9 Å². The Morgan fingerprint density at radius 3 is 2.31 bits per heavy atom. The van der Waals surface area contributed by atoms with Gasteiger partial charge in [0.1, 0.15) is 10.9 Å². The Morgan fingerprint density at radius 2 is 1.69 bits per heavy atom. The molecule has 0 bridgehead atoms. The molecule has 0 saturated carbocycles. The van der Waals surface area contributed by atoms with Crippen molar-refractivity contribution in [3.63, 3.8) is 0 Å². The van der Waals surface area contributed by atoms with E-state index in [-0.39, 0.29) is 11.0 Å². The van der Waals surface area contributed by atoms with Crippen molar-refractivity contribution in [2.75, 3.05) is 0 Å². The SMILES string of the molecule is Cc1nc(-c2ccc(C(F)(F)F)cc2)nc(Oc2ccnc(Cl)c2)c1C. The number of alkyl halides is 3. The number of aromatic nitrogens is 3. The van der Waals surface area contributed by atoms with Crippen LogP contribution < -0.4 is 4.74 Å². The number of hydrogen-bond donors (Lipinski definition) is 0. The predicted octanol–water partition coefficient (Wildman–Crippen LogP) is 5.62. The molecule has 3 rings (SSSR count). The second kappa shape index (κ2) is 6.92. The van der Waals surface area contributed by atoms with Crippen LogP contribution in [0.2, 0.25) is 5.15 Å². The average molecular weight is 380 g/mol. The summed E-state index contributed by atoms with van der Waals surface area (Å²) in [5, 5.41) is 0.272. The van der Waals surface area contributed by atoms with Crippen LogP contribution in [0.1, 0.15) is 16.8 Å². The number of pyridine rings is 1. The molecule has 0 fully saturated rings. The van der Waals surface area contributed by atoms with Crippen molar-refractivity contribution >= 4 is 11.6 Å². The van der Waals surface area contributed by atoms with E-state index >= 15 is 0 Å². The first-order valence-electron chi connectivity index (χ1n) is 7.56. The van der Waals surface area contributed by atoms with E-state index in [9.17, 15) is 13.2 Å². The monoisotopic (exact) mass is 379 g/mol. The van der Waals surface area contributed by atoms with Crippen molar-refractivity contribution in [3.05, 3.63) is 64.6 Å². The van der Waals surface area contributed by atoms with Crippen molar-refractivity contribution in [2.45, 2.75) is 20.0 Å². The van der Waals surface area contributed by atoms with Gasteiger partial charge in [0.2, 0.25) is 5.88 Å². The fraction of sp³-hybridized carbons (Fsp3) is 0.167. The number of ether oxygens (including phenoxy) is 1. The Balaban J connectivity index is 1.97. The first kappa shape index (κ1) is 18.1. The van der Waals surface area contributed by atoms with Gasteiger partial charge in [0.15, 0.2) is 5.82 Å². The van der Waals surface area contributed by atoms with E-state index < -0.39 is 11.7 Å².